The average molecular weight is 248 g/mol. The van der Waals surface area contributed by atoms with E-state index in [-0.39, 0.29) is 6.04 Å². The topological polar surface area (TPSA) is 38.0 Å². The predicted octanol–water partition coefficient (Wildman–Crippen LogP) is 2.86. The number of benzene rings is 2. The number of rotatable bonds is 3. The van der Waals surface area contributed by atoms with Gasteiger partial charge in [-0.05, 0) is 42.4 Å². The van der Waals surface area contributed by atoms with E-state index in [1.807, 2.05) is 18.2 Å². The molecule has 0 heterocycles. The number of halogens is 2. The predicted molar refractivity (Wildman–Crippen MR) is 68.1 cm³/mol. The van der Waals surface area contributed by atoms with E-state index in [2.05, 4.69) is 5.32 Å². The van der Waals surface area contributed by atoms with Gasteiger partial charge in [0.1, 0.15) is 0 Å². The highest BCUT2D eigenvalue weighted by atomic mass is 19.2. The first-order chi connectivity index (χ1) is 8.61. The summed E-state index contributed by atoms with van der Waals surface area (Å²) in [4.78, 5) is 0. The van der Waals surface area contributed by atoms with Crippen LogP contribution < -0.4 is 11.1 Å². The van der Waals surface area contributed by atoms with Crippen molar-refractivity contribution in [2.24, 2.45) is 0 Å². The normalized spacial score (nSPS) is 12.4. The first-order valence-corrected chi connectivity index (χ1v) is 5.59. The van der Waals surface area contributed by atoms with Gasteiger partial charge in [-0.2, -0.15) is 0 Å². The molecular weight excluding hydrogens is 234 g/mol. The van der Waals surface area contributed by atoms with E-state index in [1.165, 1.54) is 6.07 Å². The molecule has 2 nitrogen and oxygen atoms in total. The zero-order valence-electron chi connectivity index (χ0n) is 9.95. The lowest BCUT2D eigenvalue weighted by Crippen LogP contribution is -2.18. The molecule has 18 heavy (non-hydrogen) atoms. The minimum atomic E-state index is -0.850. The van der Waals surface area contributed by atoms with Crippen molar-refractivity contribution in [2.45, 2.75) is 6.04 Å². The van der Waals surface area contributed by atoms with E-state index in [1.54, 1.807) is 19.2 Å². The van der Waals surface area contributed by atoms with Crippen LogP contribution in [0.4, 0.5) is 14.5 Å². The van der Waals surface area contributed by atoms with E-state index in [4.69, 9.17) is 5.73 Å². The maximum Gasteiger partial charge on any atom is 0.159 e. The highest BCUT2D eigenvalue weighted by Crippen LogP contribution is 2.24. The Balaban J connectivity index is 2.42. The molecule has 0 aromatic heterocycles. The second kappa shape index (κ2) is 5.14. The minimum Gasteiger partial charge on any atom is -0.399 e. The minimum absolute atomic E-state index is 0.219. The Morgan fingerprint density at radius 3 is 2.33 bits per heavy atom. The van der Waals surface area contributed by atoms with E-state index in [0.717, 1.165) is 11.6 Å². The summed E-state index contributed by atoms with van der Waals surface area (Å²) >= 11 is 0. The molecule has 2 rings (SSSR count). The summed E-state index contributed by atoms with van der Waals surface area (Å²) in [7, 11) is 1.76. The standard InChI is InChI=1S/C14H14F2N2/c1-18-14(9-3-2-4-11(17)7-9)10-5-6-12(15)13(16)8-10/h2-8,14,18H,17H2,1H3. The van der Waals surface area contributed by atoms with E-state index < -0.39 is 11.6 Å². The van der Waals surface area contributed by atoms with Gasteiger partial charge in [0.2, 0.25) is 0 Å². The Labute approximate surface area is 104 Å². The Hall–Kier alpha value is -1.94. The number of nitrogens with one attached hydrogen (secondary N) is 1. The Bertz CT molecular complexity index is 555. The van der Waals surface area contributed by atoms with Gasteiger partial charge in [-0.3, -0.25) is 0 Å². The molecule has 1 unspecified atom stereocenters. The van der Waals surface area contributed by atoms with Gasteiger partial charge in [0.15, 0.2) is 11.6 Å². The van der Waals surface area contributed by atoms with Crippen molar-refractivity contribution in [1.29, 1.82) is 0 Å². The fourth-order valence-electron chi connectivity index (χ4n) is 1.96. The zero-order chi connectivity index (χ0) is 13.1. The summed E-state index contributed by atoms with van der Waals surface area (Å²) < 4.78 is 26.2. The van der Waals surface area contributed by atoms with Crippen molar-refractivity contribution in [3.63, 3.8) is 0 Å². The van der Waals surface area contributed by atoms with Gasteiger partial charge in [0.05, 0.1) is 6.04 Å². The third-order valence-electron chi connectivity index (χ3n) is 2.81. The summed E-state index contributed by atoms with van der Waals surface area (Å²) in [6.07, 6.45) is 0. The zero-order valence-corrected chi connectivity index (χ0v) is 9.95. The van der Waals surface area contributed by atoms with Gasteiger partial charge in [0.25, 0.3) is 0 Å². The number of nitrogen functional groups attached to an aromatic ring is 1. The summed E-state index contributed by atoms with van der Waals surface area (Å²) in [6.45, 7) is 0. The molecule has 0 aliphatic carbocycles. The van der Waals surface area contributed by atoms with Crippen LogP contribution in [0.3, 0.4) is 0 Å². The quantitative estimate of drug-likeness (QED) is 0.820. The lowest BCUT2D eigenvalue weighted by Gasteiger charge is -2.17. The van der Waals surface area contributed by atoms with Crippen LogP contribution in [0.5, 0.6) is 0 Å². The maximum atomic E-state index is 13.2. The number of hydrogen-bond donors (Lipinski definition) is 2. The van der Waals surface area contributed by atoms with Crippen LogP contribution >= 0.6 is 0 Å². The smallest absolute Gasteiger partial charge is 0.159 e. The monoisotopic (exact) mass is 248 g/mol. The molecule has 0 bridgehead atoms. The second-order valence-corrected chi connectivity index (χ2v) is 4.07. The van der Waals surface area contributed by atoms with Crippen LogP contribution in [0, 0.1) is 11.6 Å². The van der Waals surface area contributed by atoms with Gasteiger partial charge < -0.3 is 11.1 Å². The largest absolute Gasteiger partial charge is 0.399 e. The Morgan fingerprint density at radius 2 is 1.72 bits per heavy atom. The lowest BCUT2D eigenvalue weighted by atomic mass is 9.98. The first-order valence-electron chi connectivity index (χ1n) is 5.59. The molecule has 0 saturated carbocycles. The Kier molecular flexibility index (Phi) is 3.58. The van der Waals surface area contributed by atoms with Crippen LogP contribution in [-0.2, 0) is 0 Å². The van der Waals surface area contributed by atoms with Crippen molar-refractivity contribution in [3.05, 3.63) is 65.2 Å². The fourth-order valence-corrected chi connectivity index (χ4v) is 1.96. The van der Waals surface area contributed by atoms with Gasteiger partial charge >= 0.3 is 0 Å². The van der Waals surface area contributed by atoms with Crippen molar-refractivity contribution in [3.8, 4) is 0 Å². The van der Waals surface area contributed by atoms with Gasteiger partial charge in [0, 0.05) is 5.69 Å². The molecule has 4 heteroatoms. The maximum absolute atomic E-state index is 13.2. The van der Waals surface area contributed by atoms with Crippen molar-refractivity contribution >= 4 is 5.69 Å². The van der Waals surface area contributed by atoms with Crippen molar-refractivity contribution < 1.29 is 8.78 Å². The molecule has 0 saturated heterocycles. The van der Waals surface area contributed by atoms with E-state index in [0.29, 0.717) is 11.3 Å². The molecule has 1 atom stereocenters. The lowest BCUT2D eigenvalue weighted by molar-refractivity contribution is 0.505. The summed E-state index contributed by atoms with van der Waals surface area (Å²) in [6, 6.07) is 11.0. The molecule has 0 amide bonds. The SMILES string of the molecule is CNC(c1cccc(N)c1)c1ccc(F)c(F)c1. The molecule has 2 aromatic rings. The van der Waals surface area contributed by atoms with Crippen LogP contribution in [0.2, 0.25) is 0 Å². The third-order valence-corrected chi connectivity index (χ3v) is 2.81. The van der Waals surface area contributed by atoms with Crippen molar-refractivity contribution in [1.82, 2.24) is 5.32 Å². The fraction of sp³-hybridized carbons (Fsp3) is 0.143. The van der Waals surface area contributed by atoms with E-state index in [9.17, 15) is 8.78 Å². The molecule has 0 radical (unpaired) electrons. The first kappa shape index (κ1) is 12.5. The number of nitrogens with two attached hydrogens (primary N) is 1. The third kappa shape index (κ3) is 2.49. The average Bonchev–Trinajstić information content (AvgIpc) is 2.35. The highest BCUT2D eigenvalue weighted by molar-refractivity contribution is 5.44. The molecule has 0 fully saturated rings. The van der Waals surface area contributed by atoms with Crippen molar-refractivity contribution in [2.75, 3.05) is 12.8 Å². The molecule has 2 aromatic carbocycles. The second-order valence-electron chi connectivity index (χ2n) is 4.07. The molecule has 94 valence electrons. The van der Waals surface area contributed by atoms with E-state index >= 15 is 0 Å². The number of hydrogen-bond acceptors (Lipinski definition) is 2. The van der Waals surface area contributed by atoms with Crippen LogP contribution in [-0.4, -0.2) is 7.05 Å². The van der Waals surface area contributed by atoms with Gasteiger partial charge in [-0.1, -0.05) is 18.2 Å². The molecule has 0 aliphatic rings. The van der Waals surface area contributed by atoms with Gasteiger partial charge in [-0.25, -0.2) is 8.78 Å². The number of anilines is 1. The summed E-state index contributed by atoms with van der Waals surface area (Å²) in [5, 5.41) is 3.06. The van der Waals surface area contributed by atoms with Gasteiger partial charge in [-0.15, -0.1) is 0 Å². The Morgan fingerprint density at radius 1 is 1.00 bits per heavy atom. The molecule has 3 N–H and O–H groups in total. The highest BCUT2D eigenvalue weighted by Gasteiger charge is 2.14. The molecular formula is C14H14F2N2. The van der Waals surface area contributed by atoms with Crippen LogP contribution in [0.1, 0.15) is 17.2 Å². The van der Waals surface area contributed by atoms with Crippen LogP contribution in [0.15, 0.2) is 42.5 Å². The molecule has 0 spiro atoms. The summed E-state index contributed by atoms with van der Waals surface area (Å²) in [5.74, 6) is -1.70. The van der Waals surface area contributed by atoms with Crippen LogP contribution in [0.25, 0.3) is 0 Å². The summed E-state index contributed by atoms with van der Waals surface area (Å²) in [5.41, 5.74) is 7.92. The molecule has 0 aliphatic heterocycles.